The highest BCUT2D eigenvalue weighted by atomic mass is 32.2. The minimum atomic E-state index is -0.423. The van der Waals surface area contributed by atoms with Crippen LogP contribution in [0.5, 0.6) is 0 Å². The fraction of sp³-hybridized carbons (Fsp3) is 0.214. The van der Waals surface area contributed by atoms with E-state index in [0.717, 1.165) is 17.3 Å². The Hall–Kier alpha value is -2.12. The molecule has 0 saturated carbocycles. The van der Waals surface area contributed by atoms with Gasteiger partial charge in [-0.05, 0) is 35.5 Å². The molecule has 1 aromatic rings. The number of imide groups is 1. The normalized spacial score (nSPS) is 20.6. The SMILES string of the molecule is O=C1NC(=O)/C(=C/c2ccc(C(=O)N3CC(O)C3)cc2)S1. The fourth-order valence-electron chi connectivity index (χ4n) is 2.10. The highest BCUT2D eigenvalue weighted by Crippen LogP contribution is 2.25. The van der Waals surface area contributed by atoms with Crippen LogP contribution in [0, 0.1) is 0 Å². The molecule has 2 fully saturated rings. The molecule has 108 valence electrons. The first kappa shape index (κ1) is 13.8. The molecule has 2 heterocycles. The first-order valence-electron chi connectivity index (χ1n) is 6.35. The largest absolute Gasteiger partial charge is 0.389 e. The minimum Gasteiger partial charge on any atom is -0.389 e. The lowest BCUT2D eigenvalue weighted by Crippen LogP contribution is -2.53. The number of carbonyl (C=O) groups is 3. The standard InChI is InChI=1S/C14H12N2O4S/c17-10-6-16(7-10)13(19)9-3-1-8(2-4-9)5-11-12(18)15-14(20)21-11/h1-5,10,17H,6-7H2,(H,15,18,20)/b11-5-. The van der Waals surface area contributed by atoms with Crippen molar-refractivity contribution in [3.8, 4) is 0 Å². The first-order valence-corrected chi connectivity index (χ1v) is 7.17. The molecular formula is C14H12N2O4S. The topological polar surface area (TPSA) is 86.7 Å². The van der Waals surface area contributed by atoms with Gasteiger partial charge in [0.25, 0.3) is 17.1 Å². The van der Waals surface area contributed by atoms with Gasteiger partial charge in [0.15, 0.2) is 0 Å². The number of amides is 3. The molecule has 0 radical (unpaired) electrons. The van der Waals surface area contributed by atoms with Crippen LogP contribution in [0.15, 0.2) is 29.2 Å². The summed E-state index contributed by atoms with van der Waals surface area (Å²) in [6.45, 7) is 0.729. The zero-order chi connectivity index (χ0) is 15.0. The molecule has 7 heteroatoms. The zero-order valence-electron chi connectivity index (χ0n) is 10.9. The molecule has 2 aliphatic heterocycles. The molecule has 2 N–H and O–H groups in total. The number of nitrogens with zero attached hydrogens (tertiary/aromatic N) is 1. The Labute approximate surface area is 124 Å². The summed E-state index contributed by atoms with van der Waals surface area (Å²) in [6.07, 6.45) is 1.18. The monoisotopic (exact) mass is 304 g/mol. The van der Waals surface area contributed by atoms with Crippen LogP contribution in [-0.4, -0.2) is 46.3 Å². The van der Waals surface area contributed by atoms with Crippen LogP contribution >= 0.6 is 11.8 Å². The van der Waals surface area contributed by atoms with Gasteiger partial charge in [0.05, 0.1) is 11.0 Å². The Morgan fingerprint density at radius 1 is 1.29 bits per heavy atom. The van der Waals surface area contributed by atoms with E-state index in [1.165, 1.54) is 0 Å². The highest BCUT2D eigenvalue weighted by Gasteiger charge is 2.29. The number of carbonyl (C=O) groups excluding carboxylic acids is 3. The van der Waals surface area contributed by atoms with E-state index in [0.29, 0.717) is 23.6 Å². The Morgan fingerprint density at radius 3 is 2.48 bits per heavy atom. The second kappa shape index (κ2) is 5.34. The van der Waals surface area contributed by atoms with Gasteiger partial charge in [0, 0.05) is 18.7 Å². The quantitative estimate of drug-likeness (QED) is 0.790. The molecule has 0 aromatic heterocycles. The summed E-state index contributed by atoms with van der Waals surface area (Å²) in [5, 5.41) is 11.0. The van der Waals surface area contributed by atoms with Crippen LogP contribution in [0.2, 0.25) is 0 Å². The van der Waals surface area contributed by atoms with E-state index < -0.39 is 12.0 Å². The smallest absolute Gasteiger partial charge is 0.290 e. The summed E-state index contributed by atoms with van der Waals surface area (Å²) in [5.74, 6) is -0.526. The number of benzene rings is 1. The van der Waals surface area contributed by atoms with E-state index in [9.17, 15) is 19.5 Å². The lowest BCUT2D eigenvalue weighted by Gasteiger charge is -2.35. The third-order valence-corrected chi connectivity index (χ3v) is 4.06. The van der Waals surface area contributed by atoms with Crippen molar-refractivity contribution in [3.63, 3.8) is 0 Å². The van der Waals surface area contributed by atoms with Gasteiger partial charge >= 0.3 is 0 Å². The second-order valence-electron chi connectivity index (χ2n) is 4.84. The van der Waals surface area contributed by atoms with Gasteiger partial charge in [-0.2, -0.15) is 0 Å². The van der Waals surface area contributed by atoms with Crippen molar-refractivity contribution in [2.75, 3.05) is 13.1 Å². The van der Waals surface area contributed by atoms with E-state index in [4.69, 9.17) is 0 Å². The van der Waals surface area contributed by atoms with Crippen LogP contribution in [0.25, 0.3) is 6.08 Å². The number of nitrogens with one attached hydrogen (secondary N) is 1. The molecule has 6 nitrogen and oxygen atoms in total. The molecule has 21 heavy (non-hydrogen) atoms. The number of hydrogen-bond acceptors (Lipinski definition) is 5. The third-order valence-electron chi connectivity index (χ3n) is 3.25. The molecular weight excluding hydrogens is 292 g/mol. The molecule has 0 atom stereocenters. The molecule has 0 unspecified atom stereocenters. The van der Waals surface area contributed by atoms with E-state index >= 15 is 0 Å². The van der Waals surface area contributed by atoms with Crippen molar-refractivity contribution in [1.29, 1.82) is 0 Å². The van der Waals surface area contributed by atoms with Gasteiger partial charge in [-0.3, -0.25) is 19.7 Å². The van der Waals surface area contributed by atoms with Gasteiger partial charge in [-0.15, -0.1) is 0 Å². The van der Waals surface area contributed by atoms with Gasteiger partial charge in [0.1, 0.15) is 0 Å². The van der Waals surface area contributed by atoms with Gasteiger partial charge in [-0.1, -0.05) is 12.1 Å². The third kappa shape index (κ3) is 2.84. The maximum atomic E-state index is 12.0. The lowest BCUT2D eigenvalue weighted by molar-refractivity contribution is -0.115. The number of β-amino-alcohol motifs (C(OH)–C–C–N with tert-alkyl or cyclic N) is 1. The van der Waals surface area contributed by atoms with Crippen molar-refractivity contribution in [2.45, 2.75) is 6.10 Å². The van der Waals surface area contributed by atoms with Crippen LogP contribution in [0.4, 0.5) is 4.79 Å². The summed E-state index contributed by atoms with van der Waals surface area (Å²) in [6, 6.07) is 6.76. The maximum absolute atomic E-state index is 12.0. The molecule has 0 spiro atoms. The predicted molar refractivity (Wildman–Crippen MR) is 77.5 cm³/mol. The maximum Gasteiger partial charge on any atom is 0.290 e. The van der Waals surface area contributed by atoms with Crippen molar-refractivity contribution >= 4 is 34.9 Å². The molecule has 2 saturated heterocycles. The van der Waals surface area contributed by atoms with E-state index in [1.807, 2.05) is 0 Å². The lowest BCUT2D eigenvalue weighted by atomic mass is 10.1. The van der Waals surface area contributed by atoms with Crippen LogP contribution < -0.4 is 5.32 Å². The zero-order valence-corrected chi connectivity index (χ0v) is 11.7. The number of thioether (sulfide) groups is 1. The van der Waals surface area contributed by atoms with Crippen molar-refractivity contribution < 1.29 is 19.5 Å². The summed E-state index contributed by atoms with van der Waals surface area (Å²) in [7, 11) is 0. The number of rotatable bonds is 2. The van der Waals surface area contributed by atoms with Crippen LogP contribution in [-0.2, 0) is 4.79 Å². The van der Waals surface area contributed by atoms with E-state index in [-0.39, 0.29) is 11.1 Å². The first-order chi connectivity index (χ1) is 10.0. The highest BCUT2D eigenvalue weighted by molar-refractivity contribution is 8.18. The Kier molecular flexibility index (Phi) is 3.52. The van der Waals surface area contributed by atoms with Gasteiger partial charge in [0.2, 0.25) is 0 Å². The van der Waals surface area contributed by atoms with Gasteiger partial charge in [-0.25, -0.2) is 0 Å². The summed E-state index contributed by atoms with van der Waals surface area (Å²) in [5.41, 5.74) is 1.27. The Morgan fingerprint density at radius 2 is 1.95 bits per heavy atom. The summed E-state index contributed by atoms with van der Waals surface area (Å²) in [4.78, 5) is 36.4. The van der Waals surface area contributed by atoms with Crippen LogP contribution in [0.3, 0.4) is 0 Å². The molecule has 1 aromatic carbocycles. The number of aliphatic hydroxyl groups excluding tert-OH is 1. The van der Waals surface area contributed by atoms with E-state index in [2.05, 4.69) is 5.32 Å². The van der Waals surface area contributed by atoms with Crippen LogP contribution in [0.1, 0.15) is 15.9 Å². The minimum absolute atomic E-state index is 0.123. The average molecular weight is 304 g/mol. The number of aliphatic hydroxyl groups is 1. The summed E-state index contributed by atoms with van der Waals surface area (Å²) >= 11 is 0.855. The van der Waals surface area contributed by atoms with Crippen molar-refractivity contribution in [1.82, 2.24) is 10.2 Å². The number of likely N-dealkylation sites (tertiary alicyclic amines) is 1. The Bertz CT molecular complexity index is 647. The van der Waals surface area contributed by atoms with E-state index in [1.54, 1.807) is 35.2 Å². The van der Waals surface area contributed by atoms with Gasteiger partial charge < -0.3 is 10.0 Å². The van der Waals surface area contributed by atoms with Crippen molar-refractivity contribution in [2.24, 2.45) is 0 Å². The molecule has 0 aliphatic carbocycles. The molecule has 2 aliphatic rings. The molecule has 0 bridgehead atoms. The number of hydrogen-bond donors (Lipinski definition) is 2. The second-order valence-corrected chi connectivity index (χ2v) is 5.85. The fourth-order valence-corrected chi connectivity index (χ4v) is 2.78. The average Bonchev–Trinajstić information content (AvgIpc) is 2.73. The predicted octanol–water partition coefficient (Wildman–Crippen LogP) is 0.827. The Balaban J connectivity index is 1.72. The summed E-state index contributed by atoms with van der Waals surface area (Å²) < 4.78 is 0. The molecule has 3 amide bonds. The molecule has 3 rings (SSSR count). The van der Waals surface area contributed by atoms with Crippen molar-refractivity contribution in [3.05, 3.63) is 40.3 Å².